The number of nitrogens with one attached hydrogen (secondary N) is 1. The first-order valence-electron chi connectivity index (χ1n) is 10.7. The molecule has 0 saturated carbocycles. The summed E-state index contributed by atoms with van der Waals surface area (Å²) >= 11 is 0. The van der Waals surface area contributed by atoms with Gasteiger partial charge in [0.2, 0.25) is 0 Å². The zero-order valence-electron chi connectivity index (χ0n) is 17.5. The van der Waals surface area contributed by atoms with Crippen LogP contribution in [0.25, 0.3) is 33.3 Å². The monoisotopic (exact) mass is 414 g/mol. The Balaban J connectivity index is 1.48. The quantitative estimate of drug-likeness (QED) is 0.357. The van der Waals surface area contributed by atoms with E-state index in [-0.39, 0.29) is 5.91 Å². The van der Waals surface area contributed by atoms with Gasteiger partial charge in [-0.1, -0.05) is 103 Å². The van der Waals surface area contributed by atoms with E-state index in [1.165, 1.54) is 5.56 Å². The number of rotatable bonds is 5. The molecule has 5 rings (SSSR count). The highest BCUT2D eigenvalue weighted by atomic mass is 16.1. The molecule has 154 valence electrons. The Labute approximate surface area is 187 Å². The van der Waals surface area contributed by atoms with Crippen LogP contribution in [0.1, 0.15) is 15.9 Å². The molecule has 0 radical (unpaired) electrons. The lowest BCUT2D eigenvalue weighted by Gasteiger charge is -2.11. The van der Waals surface area contributed by atoms with Gasteiger partial charge in [0.15, 0.2) is 0 Å². The van der Waals surface area contributed by atoms with Crippen LogP contribution < -0.4 is 5.32 Å². The molecule has 0 spiro atoms. The van der Waals surface area contributed by atoms with Crippen LogP contribution in [0.3, 0.4) is 0 Å². The molecule has 1 heterocycles. The van der Waals surface area contributed by atoms with E-state index >= 15 is 0 Å². The lowest BCUT2D eigenvalue weighted by Crippen LogP contribution is -2.23. The molecule has 0 aliphatic heterocycles. The summed E-state index contributed by atoms with van der Waals surface area (Å²) in [5.74, 6) is -0.102. The highest BCUT2D eigenvalue weighted by molar-refractivity contribution is 6.07. The molecule has 1 aromatic heterocycles. The highest BCUT2D eigenvalue weighted by Gasteiger charge is 2.14. The summed E-state index contributed by atoms with van der Waals surface area (Å²) in [6, 6.07) is 38.2. The maximum atomic E-state index is 13.1. The minimum atomic E-state index is -0.102. The van der Waals surface area contributed by atoms with Gasteiger partial charge in [-0.05, 0) is 28.8 Å². The maximum Gasteiger partial charge on any atom is 0.252 e. The SMILES string of the molecule is O=C(NCc1ccccc1)c1cc(-c2ccc(-c3ccccc3)cc2)nc2ccccc12. The first-order chi connectivity index (χ1) is 15.8. The Hall–Kier alpha value is -4.24. The lowest BCUT2D eigenvalue weighted by atomic mass is 10.0. The third kappa shape index (κ3) is 4.14. The predicted octanol–water partition coefficient (Wildman–Crippen LogP) is 6.50. The first kappa shape index (κ1) is 19.7. The summed E-state index contributed by atoms with van der Waals surface area (Å²) in [4.78, 5) is 17.9. The fourth-order valence-electron chi connectivity index (χ4n) is 3.85. The van der Waals surface area contributed by atoms with Crippen LogP contribution in [0.2, 0.25) is 0 Å². The van der Waals surface area contributed by atoms with E-state index in [0.717, 1.165) is 33.3 Å². The molecule has 0 unspecified atom stereocenters. The summed E-state index contributed by atoms with van der Waals surface area (Å²) in [5.41, 5.74) is 6.59. The molecule has 4 aromatic carbocycles. The molecular weight excluding hydrogens is 392 g/mol. The van der Waals surface area contributed by atoms with Crippen molar-refractivity contribution in [2.24, 2.45) is 0 Å². The second kappa shape index (κ2) is 8.86. The number of para-hydroxylation sites is 1. The van der Waals surface area contributed by atoms with Crippen LogP contribution in [0, 0.1) is 0 Å². The van der Waals surface area contributed by atoms with Gasteiger partial charge >= 0.3 is 0 Å². The first-order valence-corrected chi connectivity index (χ1v) is 10.7. The summed E-state index contributed by atoms with van der Waals surface area (Å²) in [6.45, 7) is 0.484. The van der Waals surface area contributed by atoms with E-state index in [9.17, 15) is 4.79 Å². The maximum absolute atomic E-state index is 13.1. The number of hydrogen-bond acceptors (Lipinski definition) is 2. The third-order valence-corrected chi connectivity index (χ3v) is 5.54. The summed E-state index contributed by atoms with van der Waals surface area (Å²) in [5, 5.41) is 3.90. The average molecular weight is 415 g/mol. The number of carbonyl (C=O) groups excluding carboxylic acids is 1. The van der Waals surface area contributed by atoms with E-state index in [4.69, 9.17) is 4.98 Å². The van der Waals surface area contributed by atoms with Crippen LogP contribution in [-0.2, 0) is 6.54 Å². The Kier molecular flexibility index (Phi) is 5.46. The number of nitrogens with zero attached hydrogens (tertiary/aromatic N) is 1. The summed E-state index contributed by atoms with van der Waals surface area (Å²) < 4.78 is 0. The molecule has 3 heteroatoms. The molecule has 32 heavy (non-hydrogen) atoms. The van der Waals surface area contributed by atoms with Crippen LogP contribution in [0.15, 0.2) is 115 Å². The molecule has 0 aliphatic rings. The number of aromatic nitrogens is 1. The molecule has 1 amide bonds. The number of fused-ring (bicyclic) bond motifs is 1. The van der Waals surface area contributed by atoms with Gasteiger partial charge in [0, 0.05) is 17.5 Å². The molecule has 5 aromatic rings. The summed E-state index contributed by atoms with van der Waals surface area (Å²) in [6.07, 6.45) is 0. The van der Waals surface area contributed by atoms with Gasteiger partial charge in [-0.25, -0.2) is 4.98 Å². The van der Waals surface area contributed by atoms with Crippen molar-refractivity contribution in [3.8, 4) is 22.4 Å². The van der Waals surface area contributed by atoms with Crippen molar-refractivity contribution in [3.63, 3.8) is 0 Å². The Bertz CT molecular complexity index is 1360. The molecule has 0 aliphatic carbocycles. The third-order valence-electron chi connectivity index (χ3n) is 5.54. The lowest BCUT2D eigenvalue weighted by molar-refractivity contribution is 0.0952. The fourth-order valence-corrected chi connectivity index (χ4v) is 3.85. The fraction of sp³-hybridized carbons (Fsp3) is 0.0345. The highest BCUT2D eigenvalue weighted by Crippen LogP contribution is 2.27. The average Bonchev–Trinajstić information content (AvgIpc) is 2.88. The van der Waals surface area contributed by atoms with Gasteiger partial charge in [-0.15, -0.1) is 0 Å². The number of pyridine rings is 1. The molecule has 0 saturated heterocycles. The minimum absolute atomic E-state index is 0.102. The van der Waals surface area contributed by atoms with Gasteiger partial charge in [0.1, 0.15) is 0 Å². The van der Waals surface area contributed by atoms with Crippen molar-refractivity contribution in [2.75, 3.05) is 0 Å². The Morgan fingerprint density at radius 1 is 0.656 bits per heavy atom. The van der Waals surface area contributed by atoms with E-state index in [0.29, 0.717) is 12.1 Å². The molecule has 1 N–H and O–H groups in total. The van der Waals surface area contributed by atoms with Gasteiger partial charge in [-0.2, -0.15) is 0 Å². The number of amides is 1. The van der Waals surface area contributed by atoms with Crippen LogP contribution in [0.4, 0.5) is 0 Å². The second-order valence-corrected chi connectivity index (χ2v) is 7.68. The zero-order chi connectivity index (χ0) is 21.8. The predicted molar refractivity (Wildman–Crippen MR) is 130 cm³/mol. The van der Waals surface area contributed by atoms with E-state index < -0.39 is 0 Å². The van der Waals surface area contributed by atoms with Crippen molar-refractivity contribution in [2.45, 2.75) is 6.54 Å². The van der Waals surface area contributed by atoms with Crippen molar-refractivity contribution in [1.82, 2.24) is 10.3 Å². The van der Waals surface area contributed by atoms with Gasteiger partial charge < -0.3 is 5.32 Å². The second-order valence-electron chi connectivity index (χ2n) is 7.68. The smallest absolute Gasteiger partial charge is 0.252 e. The largest absolute Gasteiger partial charge is 0.348 e. The summed E-state index contributed by atoms with van der Waals surface area (Å²) in [7, 11) is 0. The van der Waals surface area contributed by atoms with Gasteiger partial charge in [0.05, 0.1) is 16.8 Å². The molecule has 0 fully saturated rings. The standard InChI is InChI=1S/C29H22N2O/c32-29(30-20-21-9-3-1-4-10-21)26-19-28(31-27-14-8-7-13-25(26)27)24-17-15-23(16-18-24)22-11-5-2-6-12-22/h1-19H,20H2,(H,30,32). The van der Waals surface area contributed by atoms with E-state index in [1.54, 1.807) is 0 Å². The normalized spacial score (nSPS) is 10.8. The van der Waals surface area contributed by atoms with Crippen LogP contribution >= 0.6 is 0 Å². The van der Waals surface area contributed by atoms with Crippen molar-refractivity contribution >= 4 is 16.8 Å². The van der Waals surface area contributed by atoms with E-state index in [1.807, 2.05) is 78.9 Å². The molecule has 0 atom stereocenters. The van der Waals surface area contributed by atoms with Crippen LogP contribution in [0.5, 0.6) is 0 Å². The Morgan fingerprint density at radius 3 is 2.00 bits per heavy atom. The molecule has 3 nitrogen and oxygen atoms in total. The number of hydrogen-bond donors (Lipinski definition) is 1. The van der Waals surface area contributed by atoms with Gasteiger partial charge in [0.25, 0.3) is 5.91 Å². The number of benzene rings is 4. The Morgan fingerprint density at radius 2 is 1.25 bits per heavy atom. The van der Waals surface area contributed by atoms with Crippen molar-refractivity contribution < 1.29 is 4.79 Å². The minimum Gasteiger partial charge on any atom is -0.348 e. The molecule has 0 bridgehead atoms. The van der Waals surface area contributed by atoms with Crippen molar-refractivity contribution in [1.29, 1.82) is 0 Å². The molecular formula is C29H22N2O. The van der Waals surface area contributed by atoms with Crippen LogP contribution in [-0.4, -0.2) is 10.9 Å². The topological polar surface area (TPSA) is 42.0 Å². The zero-order valence-corrected chi connectivity index (χ0v) is 17.5. The van der Waals surface area contributed by atoms with Crippen molar-refractivity contribution in [3.05, 3.63) is 126 Å². The number of carbonyl (C=O) groups is 1. The van der Waals surface area contributed by atoms with Gasteiger partial charge in [-0.3, -0.25) is 4.79 Å². The van der Waals surface area contributed by atoms with E-state index in [2.05, 4.69) is 41.7 Å².